The van der Waals surface area contributed by atoms with Crippen molar-refractivity contribution in [1.82, 2.24) is 19.6 Å². The molecular formula is C34H43N5O4S. The molecular weight excluding hydrogens is 574 g/mol. The molecule has 2 aliphatic rings. The first-order chi connectivity index (χ1) is 21.4. The Morgan fingerprint density at radius 1 is 0.886 bits per heavy atom. The van der Waals surface area contributed by atoms with Crippen molar-refractivity contribution in [3.05, 3.63) is 76.5 Å². The van der Waals surface area contributed by atoms with Crippen LogP contribution in [0.2, 0.25) is 0 Å². The first kappa shape index (κ1) is 31.7. The van der Waals surface area contributed by atoms with E-state index < -0.39 is 6.09 Å². The molecule has 2 saturated heterocycles. The van der Waals surface area contributed by atoms with Gasteiger partial charge >= 0.3 is 6.09 Å². The monoisotopic (exact) mass is 617 g/mol. The fraction of sp³-hybridized carbons (Fsp3) is 0.441. The molecule has 5 rings (SSSR count). The van der Waals surface area contributed by atoms with E-state index >= 15 is 0 Å². The smallest absolute Gasteiger partial charge is 0.411 e. The average Bonchev–Trinajstić information content (AvgIpc) is 3.37. The highest BCUT2D eigenvalue weighted by molar-refractivity contribution is 7.14. The number of likely N-dealkylation sites (N-methyl/N-ethyl adjacent to an activating group) is 1. The van der Waals surface area contributed by atoms with Gasteiger partial charge in [0.2, 0.25) is 5.91 Å². The second-order valence-corrected chi connectivity index (χ2v) is 12.8. The van der Waals surface area contributed by atoms with E-state index in [-0.39, 0.29) is 17.9 Å². The molecule has 1 aromatic heterocycles. The Kier molecular flexibility index (Phi) is 11.0. The van der Waals surface area contributed by atoms with Gasteiger partial charge < -0.3 is 19.4 Å². The number of hydrogen-bond acceptors (Lipinski definition) is 7. The first-order valence-corrected chi connectivity index (χ1v) is 16.3. The zero-order valence-electron chi connectivity index (χ0n) is 25.7. The Morgan fingerprint density at radius 2 is 1.64 bits per heavy atom. The summed E-state index contributed by atoms with van der Waals surface area (Å²) < 4.78 is 5.77. The quantitative estimate of drug-likeness (QED) is 0.353. The molecule has 44 heavy (non-hydrogen) atoms. The Morgan fingerprint density at radius 3 is 2.41 bits per heavy atom. The van der Waals surface area contributed by atoms with Crippen molar-refractivity contribution in [3.8, 4) is 11.1 Å². The van der Waals surface area contributed by atoms with E-state index in [2.05, 4.69) is 21.2 Å². The van der Waals surface area contributed by atoms with Crippen molar-refractivity contribution in [3.63, 3.8) is 0 Å². The van der Waals surface area contributed by atoms with E-state index in [0.717, 1.165) is 93.3 Å². The summed E-state index contributed by atoms with van der Waals surface area (Å²) in [5.41, 5.74) is 2.72. The zero-order chi connectivity index (χ0) is 30.9. The molecule has 0 bridgehead atoms. The zero-order valence-corrected chi connectivity index (χ0v) is 26.6. The molecule has 3 aromatic rings. The number of nitrogens with one attached hydrogen (secondary N) is 1. The topological polar surface area (TPSA) is 85.4 Å². The second-order valence-electron chi connectivity index (χ2n) is 11.6. The highest BCUT2D eigenvalue weighted by Crippen LogP contribution is 2.28. The lowest BCUT2D eigenvalue weighted by Gasteiger charge is -2.32. The molecule has 0 saturated carbocycles. The number of likely N-dealkylation sites (tertiary alicyclic amines) is 1. The number of amides is 3. The Hall–Kier alpha value is -3.73. The van der Waals surface area contributed by atoms with Crippen molar-refractivity contribution in [1.29, 1.82) is 0 Å². The highest BCUT2D eigenvalue weighted by Gasteiger charge is 2.24. The number of hydrogen-bond donors (Lipinski definition) is 1. The number of para-hydroxylation sites is 1. The molecule has 234 valence electrons. The molecule has 0 atom stereocenters. The van der Waals surface area contributed by atoms with Crippen LogP contribution >= 0.6 is 11.3 Å². The summed E-state index contributed by atoms with van der Waals surface area (Å²) in [5.74, 6) is 0.186. The highest BCUT2D eigenvalue weighted by atomic mass is 32.1. The van der Waals surface area contributed by atoms with Crippen molar-refractivity contribution in [2.24, 2.45) is 0 Å². The number of rotatable bonds is 9. The summed E-state index contributed by atoms with van der Waals surface area (Å²) in [6, 6.07) is 21.7. The lowest BCUT2D eigenvalue weighted by atomic mass is 10.0. The van der Waals surface area contributed by atoms with E-state index in [9.17, 15) is 14.4 Å². The van der Waals surface area contributed by atoms with Crippen LogP contribution in [0.5, 0.6) is 0 Å². The summed E-state index contributed by atoms with van der Waals surface area (Å²) in [7, 11) is 1.86. The molecule has 3 amide bonds. The van der Waals surface area contributed by atoms with Crippen LogP contribution in [0.15, 0.2) is 66.7 Å². The van der Waals surface area contributed by atoms with Crippen molar-refractivity contribution in [2.75, 3.05) is 64.7 Å². The average molecular weight is 618 g/mol. The van der Waals surface area contributed by atoms with Crippen LogP contribution in [-0.2, 0) is 16.1 Å². The third kappa shape index (κ3) is 8.68. The largest absolute Gasteiger partial charge is 0.446 e. The number of carbonyl (C=O) groups excluding carboxylic acids is 3. The predicted octanol–water partition coefficient (Wildman–Crippen LogP) is 5.25. The molecule has 0 aliphatic carbocycles. The van der Waals surface area contributed by atoms with Crippen LogP contribution in [-0.4, -0.2) is 103 Å². The summed E-state index contributed by atoms with van der Waals surface area (Å²) in [5, 5.41) is 2.93. The van der Waals surface area contributed by atoms with Crippen LogP contribution in [0.4, 0.5) is 10.5 Å². The number of anilines is 1. The van der Waals surface area contributed by atoms with Gasteiger partial charge in [0.25, 0.3) is 5.91 Å². The Bertz CT molecular complexity index is 1410. The predicted molar refractivity (Wildman–Crippen MR) is 175 cm³/mol. The number of carbonyl (C=O) groups is 3. The molecule has 2 aliphatic heterocycles. The molecule has 0 radical (unpaired) electrons. The number of ether oxygens (including phenoxy) is 1. The van der Waals surface area contributed by atoms with Crippen molar-refractivity contribution < 1.29 is 19.1 Å². The van der Waals surface area contributed by atoms with Gasteiger partial charge in [-0.3, -0.25) is 19.8 Å². The molecule has 9 nitrogen and oxygen atoms in total. The Labute approximate surface area is 264 Å². The van der Waals surface area contributed by atoms with E-state index in [1.165, 1.54) is 4.88 Å². The standard InChI is InChI=1S/C34H43N5O4S/c1-26(40)39-18-8-17-38(23-24-39)25-29-13-14-32(44-29)33(41)36(2)21-22-37-19-15-28(16-20-37)43-34(42)35-31-12-7-6-11-30(31)27-9-4-3-5-10-27/h3-7,9-14,28H,8,15-25H2,1-2H3,(H,35,42). The van der Waals surface area contributed by atoms with E-state index in [1.807, 2.05) is 72.6 Å². The molecule has 3 heterocycles. The normalized spacial score (nSPS) is 16.7. The molecule has 0 unspecified atom stereocenters. The Balaban J connectivity index is 1.02. The van der Waals surface area contributed by atoms with Crippen LogP contribution in [0.25, 0.3) is 11.1 Å². The van der Waals surface area contributed by atoms with Gasteiger partial charge in [-0.1, -0.05) is 48.5 Å². The maximum absolute atomic E-state index is 13.1. The lowest BCUT2D eigenvalue weighted by Crippen LogP contribution is -2.42. The summed E-state index contributed by atoms with van der Waals surface area (Å²) in [6.45, 7) is 8.89. The van der Waals surface area contributed by atoms with Gasteiger partial charge in [-0.25, -0.2) is 4.79 Å². The number of thiophene rings is 1. The van der Waals surface area contributed by atoms with Crippen LogP contribution in [0.3, 0.4) is 0 Å². The fourth-order valence-corrected chi connectivity index (χ4v) is 6.87. The molecule has 0 spiro atoms. The van der Waals surface area contributed by atoms with Gasteiger partial charge in [0.05, 0.1) is 10.6 Å². The summed E-state index contributed by atoms with van der Waals surface area (Å²) in [6.07, 6.45) is 1.94. The summed E-state index contributed by atoms with van der Waals surface area (Å²) >= 11 is 1.56. The summed E-state index contributed by atoms with van der Waals surface area (Å²) in [4.78, 5) is 47.9. The minimum Gasteiger partial charge on any atom is -0.446 e. The van der Waals surface area contributed by atoms with E-state index in [0.29, 0.717) is 6.54 Å². The van der Waals surface area contributed by atoms with Crippen LogP contribution < -0.4 is 5.32 Å². The van der Waals surface area contributed by atoms with Gasteiger partial charge in [0.15, 0.2) is 0 Å². The number of benzene rings is 2. The van der Waals surface area contributed by atoms with E-state index in [4.69, 9.17) is 4.74 Å². The fourth-order valence-electron chi connectivity index (χ4n) is 5.83. The maximum Gasteiger partial charge on any atom is 0.411 e. The van der Waals surface area contributed by atoms with Gasteiger partial charge in [0, 0.05) is 83.3 Å². The third-order valence-corrected chi connectivity index (χ3v) is 9.50. The minimum absolute atomic E-state index is 0.0468. The molecule has 10 heteroatoms. The first-order valence-electron chi connectivity index (χ1n) is 15.5. The van der Waals surface area contributed by atoms with Gasteiger partial charge in [-0.15, -0.1) is 11.3 Å². The van der Waals surface area contributed by atoms with Gasteiger partial charge in [-0.2, -0.15) is 0 Å². The third-order valence-electron chi connectivity index (χ3n) is 8.44. The second kappa shape index (κ2) is 15.3. The molecule has 2 aromatic carbocycles. The minimum atomic E-state index is -0.429. The molecule has 2 fully saturated rings. The van der Waals surface area contributed by atoms with Gasteiger partial charge in [0.1, 0.15) is 6.10 Å². The lowest BCUT2D eigenvalue weighted by molar-refractivity contribution is -0.128. The van der Waals surface area contributed by atoms with Gasteiger partial charge in [-0.05, 0) is 43.0 Å². The van der Waals surface area contributed by atoms with Crippen molar-refractivity contribution >= 4 is 34.9 Å². The van der Waals surface area contributed by atoms with Crippen LogP contribution in [0.1, 0.15) is 40.7 Å². The van der Waals surface area contributed by atoms with Crippen molar-refractivity contribution in [2.45, 2.75) is 38.8 Å². The number of piperidine rings is 1. The van der Waals surface area contributed by atoms with E-state index in [1.54, 1.807) is 23.2 Å². The molecule has 1 N–H and O–H groups in total. The van der Waals surface area contributed by atoms with Crippen LogP contribution in [0, 0.1) is 0 Å². The SMILES string of the molecule is CC(=O)N1CCCN(Cc2ccc(C(=O)N(C)CCN3CCC(OC(=O)Nc4ccccc4-c4ccccc4)CC3)s2)CC1. The number of nitrogens with zero attached hydrogens (tertiary/aromatic N) is 4. The maximum atomic E-state index is 13.1.